The van der Waals surface area contributed by atoms with Gasteiger partial charge in [0.25, 0.3) is 0 Å². The van der Waals surface area contributed by atoms with E-state index in [9.17, 15) is 0 Å². The van der Waals surface area contributed by atoms with Crippen LogP contribution in [0.25, 0.3) is 0 Å². The summed E-state index contributed by atoms with van der Waals surface area (Å²) in [6.45, 7) is 3.10. The Morgan fingerprint density at radius 3 is 3.08 bits per heavy atom. The molecular formula is C11H14N2. The van der Waals surface area contributed by atoms with E-state index in [-0.39, 0.29) is 0 Å². The molecule has 0 radical (unpaired) electrons. The molecule has 1 aliphatic rings. The van der Waals surface area contributed by atoms with Crippen LogP contribution in [0.3, 0.4) is 0 Å². The molecule has 0 aromatic heterocycles. The Morgan fingerprint density at radius 2 is 2.15 bits per heavy atom. The second-order valence-corrected chi connectivity index (χ2v) is 3.70. The third-order valence-corrected chi connectivity index (χ3v) is 2.47. The number of benzene rings is 1. The van der Waals surface area contributed by atoms with E-state index in [1.165, 1.54) is 12.0 Å². The molecular weight excluding hydrogens is 160 g/mol. The summed E-state index contributed by atoms with van der Waals surface area (Å²) < 4.78 is 0. The lowest BCUT2D eigenvalue weighted by Crippen LogP contribution is -2.03. The summed E-state index contributed by atoms with van der Waals surface area (Å²) in [5.74, 6) is 0.664. The summed E-state index contributed by atoms with van der Waals surface area (Å²) in [4.78, 5) is 0. The van der Waals surface area contributed by atoms with Crippen LogP contribution in [0.15, 0.2) is 34.5 Å². The van der Waals surface area contributed by atoms with Crippen molar-refractivity contribution < 1.29 is 0 Å². The van der Waals surface area contributed by atoms with E-state index < -0.39 is 0 Å². The lowest BCUT2D eigenvalue weighted by Gasteiger charge is -2.12. The van der Waals surface area contributed by atoms with Crippen LogP contribution in [0.1, 0.15) is 18.9 Å². The average Bonchev–Trinajstić information content (AvgIpc) is 2.13. The lowest BCUT2D eigenvalue weighted by molar-refractivity contribution is 0.530. The van der Waals surface area contributed by atoms with E-state index in [4.69, 9.17) is 0 Å². The summed E-state index contributed by atoms with van der Waals surface area (Å²) in [5.41, 5.74) is 2.38. The van der Waals surface area contributed by atoms with Gasteiger partial charge in [-0.25, -0.2) is 0 Å². The molecule has 0 N–H and O–H groups in total. The largest absolute Gasteiger partial charge is 0.188 e. The Bertz CT molecular complexity index is 318. The average molecular weight is 174 g/mol. The van der Waals surface area contributed by atoms with E-state index in [2.05, 4.69) is 29.3 Å². The predicted octanol–water partition coefficient (Wildman–Crippen LogP) is 3.35. The standard InChI is InChI=1S/C11H14N2/c1-9-6-7-10-4-2-3-5-11(10)13-12-8-9/h2-5,9H,6-8H2,1H3. The Morgan fingerprint density at radius 1 is 1.31 bits per heavy atom. The fourth-order valence-corrected chi connectivity index (χ4v) is 1.57. The van der Waals surface area contributed by atoms with E-state index in [0.717, 1.165) is 18.7 Å². The number of fused-ring (bicyclic) bond motifs is 1. The normalized spacial score (nSPS) is 21.8. The molecule has 1 aliphatic heterocycles. The Balaban J connectivity index is 2.31. The van der Waals surface area contributed by atoms with E-state index >= 15 is 0 Å². The minimum Gasteiger partial charge on any atom is -0.188 e. The number of hydrogen-bond acceptors (Lipinski definition) is 2. The summed E-state index contributed by atoms with van der Waals surface area (Å²) in [6, 6.07) is 8.27. The molecule has 0 saturated carbocycles. The van der Waals surface area contributed by atoms with Gasteiger partial charge in [-0.15, -0.1) is 0 Å². The van der Waals surface area contributed by atoms with Crippen LogP contribution in [0.4, 0.5) is 5.69 Å². The number of rotatable bonds is 0. The molecule has 0 amide bonds. The fraction of sp³-hybridized carbons (Fsp3) is 0.455. The fourth-order valence-electron chi connectivity index (χ4n) is 1.57. The third-order valence-electron chi connectivity index (χ3n) is 2.47. The summed E-state index contributed by atoms with van der Waals surface area (Å²) in [5, 5.41) is 8.40. The molecule has 1 atom stereocenters. The van der Waals surface area contributed by atoms with Gasteiger partial charge in [-0.05, 0) is 30.4 Å². The van der Waals surface area contributed by atoms with Crippen LogP contribution in [0.2, 0.25) is 0 Å². The van der Waals surface area contributed by atoms with Gasteiger partial charge in [0.15, 0.2) is 0 Å². The molecule has 1 aromatic rings. The van der Waals surface area contributed by atoms with E-state index in [0.29, 0.717) is 5.92 Å². The van der Waals surface area contributed by atoms with Crippen LogP contribution < -0.4 is 0 Å². The van der Waals surface area contributed by atoms with Crippen molar-refractivity contribution in [2.24, 2.45) is 16.1 Å². The van der Waals surface area contributed by atoms with Crippen molar-refractivity contribution in [3.05, 3.63) is 29.8 Å². The highest BCUT2D eigenvalue weighted by Crippen LogP contribution is 2.24. The zero-order chi connectivity index (χ0) is 9.10. The van der Waals surface area contributed by atoms with Crippen LogP contribution in [-0.4, -0.2) is 6.54 Å². The van der Waals surface area contributed by atoms with Gasteiger partial charge in [0.2, 0.25) is 0 Å². The van der Waals surface area contributed by atoms with Crippen molar-refractivity contribution >= 4 is 5.69 Å². The lowest BCUT2D eigenvalue weighted by atomic mass is 10.00. The quantitative estimate of drug-likeness (QED) is 0.576. The Kier molecular flexibility index (Phi) is 2.39. The maximum Gasteiger partial charge on any atom is 0.0884 e. The zero-order valence-corrected chi connectivity index (χ0v) is 7.90. The van der Waals surface area contributed by atoms with Gasteiger partial charge in [-0.1, -0.05) is 25.1 Å². The van der Waals surface area contributed by atoms with Gasteiger partial charge in [0.05, 0.1) is 12.2 Å². The molecule has 1 heterocycles. The minimum absolute atomic E-state index is 0.664. The van der Waals surface area contributed by atoms with Crippen molar-refractivity contribution in [3.63, 3.8) is 0 Å². The molecule has 68 valence electrons. The smallest absolute Gasteiger partial charge is 0.0884 e. The molecule has 1 aromatic carbocycles. The number of azo groups is 1. The van der Waals surface area contributed by atoms with Gasteiger partial charge in [0, 0.05) is 0 Å². The SMILES string of the molecule is CC1CCc2ccccc2N=NC1. The van der Waals surface area contributed by atoms with Crippen molar-refractivity contribution in [3.8, 4) is 0 Å². The number of hydrogen-bond donors (Lipinski definition) is 0. The molecule has 2 nitrogen and oxygen atoms in total. The molecule has 0 aliphatic carbocycles. The first-order chi connectivity index (χ1) is 6.36. The monoisotopic (exact) mass is 174 g/mol. The Hall–Kier alpha value is -1.18. The van der Waals surface area contributed by atoms with Gasteiger partial charge < -0.3 is 0 Å². The minimum atomic E-state index is 0.664. The first kappa shape index (κ1) is 8.42. The summed E-state index contributed by atoms with van der Waals surface area (Å²) in [7, 11) is 0. The highest BCUT2D eigenvalue weighted by molar-refractivity contribution is 5.45. The summed E-state index contributed by atoms with van der Waals surface area (Å²) >= 11 is 0. The van der Waals surface area contributed by atoms with Crippen molar-refractivity contribution in [2.45, 2.75) is 19.8 Å². The first-order valence-electron chi connectivity index (χ1n) is 4.81. The molecule has 0 fully saturated rings. The maximum absolute atomic E-state index is 4.22. The van der Waals surface area contributed by atoms with Crippen LogP contribution >= 0.6 is 0 Å². The number of nitrogens with zero attached hydrogens (tertiary/aromatic N) is 2. The highest BCUT2D eigenvalue weighted by Gasteiger charge is 2.07. The molecule has 1 unspecified atom stereocenters. The molecule has 0 spiro atoms. The van der Waals surface area contributed by atoms with Gasteiger partial charge in [-0.2, -0.15) is 10.2 Å². The Labute approximate surface area is 78.7 Å². The second-order valence-electron chi connectivity index (χ2n) is 3.70. The van der Waals surface area contributed by atoms with Crippen LogP contribution in [-0.2, 0) is 6.42 Å². The molecule has 2 heteroatoms. The zero-order valence-electron chi connectivity index (χ0n) is 7.90. The van der Waals surface area contributed by atoms with Crippen molar-refractivity contribution in [1.29, 1.82) is 0 Å². The van der Waals surface area contributed by atoms with Crippen LogP contribution in [0.5, 0.6) is 0 Å². The molecule has 13 heavy (non-hydrogen) atoms. The third kappa shape index (κ3) is 1.94. The molecule has 0 bridgehead atoms. The molecule has 2 rings (SSSR count). The predicted molar refractivity (Wildman–Crippen MR) is 53.3 cm³/mol. The van der Waals surface area contributed by atoms with Gasteiger partial charge in [0.1, 0.15) is 0 Å². The second kappa shape index (κ2) is 3.69. The maximum atomic E-state index is 4.22. The highest BCUT2D eigenvalue weighted by atomic mass is 15.1. The van der Waals surface area contributed by atoms with Crippen molar-refractivity contribution in [1.82, 2.24) is 0 Å². The number of aryl methyl sites for hydroxylation is 1. The summed E-state index contributed by atoms with van der Waals surface area (Å²) in [6.07, 6.45) is 2.35. The van der Waals surface area contributed by atoms with E-state index in [1.54, 1.807) is 0 Å². The van der Waals surface area contributed by atoms with Crippen LogP contribution in [0, 0.1) is 5.92 Å². The van der Waals surface area contributed by atoms with E-state index in [1.807, 2.05) is 12.1 Å². The van der Waals surface area contributed by atoms with Gasteiger partial charge in [-0.3, -0.25) is 0 Å². The first-order valence-corrected chi connectivity index (χ1v) is 4.81. The van der Waals surface area contributed by atoms with Gasteiger partial charge >= 0.3 is 0 Å². The van der Waals surface area contributed by atoms with Crippen molar-refractivity contribution in [2.75, 3.05) is 6.54 Å². The molecule has 0 saturated heterocycles. The topological polar surface area (TPSA) is 24.7 Å².